The summed E-state index contributed by atoms with van der Waals surface area (Å²) in [7, 11) is 0. The van der Waals surface area contributed by atoms with Gasteiger partial charge >= 0.3 is 0 Å². The van der Waals surface area contributed by atoms with Crippen LogP contribution in [0.3, 0.4) is 0 Å². The van der Waals surface area contributed by atoms with Crippen LogP contribution in [-0.4, -0.2) is 31.5 Å². The summed E-state index contributed by atoms with van der Waals surface area (Å²) in [5.41, 5.74) is 1.55. The minimum Gasteiger partial charge on any atom is -0.351 e. The largest absolute Gasteiger partial charge is 0.351 e. The van der Waals surface area contributed by atoms with E-state index in [0.29, 0.717) is 16.0 Å². The van der Waals surface area contributed by atoms with Crippen LogP contribution in [0.15, 0.2) is 59.8 Å². The number of rotatable bonds is 5. The van der Waals surface area contributed by atoms with E-state index >= 15 is 0 Å². The molecule has 0 fully saturated rings. The first-order chi connectivity index (χ1) is 13.2. The molecule has 0 spiro atoms. The van der Waals surface area contributed by atoms with E-state index in [1.165, 1.54) is 11.8 Å². The zero-order valence-electron chi connectivity index (χ0n) is 16.3. The Bertz CT molecular complexity index is 949. The highest BCUT2D eigenvalue weighted by molar-refractivity contribution is 8.00. The van der Waals surface area contributed by atoms with Crippen LogP contribution in [0, 0.1) is 0 Å². The number of nitrogens with one attached hydrogen (secondary N) is 1. The molecule has 1 atom stereocenters. The molecule has 28 heavy (non-hydrogen) atoms. The van der Waals surface area contributed by atoms with Crippen molar-refractivity contribution >= 4 is 29.3 Å². The maximum absolute atomic E-state index is 12.5. The highest BCUT2D eigenvalue weighted by Crippen LogP contribution is 2.30. The number of para-hydroxylation sites is 1. The molecule has 1 heterocycles. The van der Waals surface area contributed by atoms with E-state index in [0.717, 1.165) is 11.3 Å². The van der Waals surface area contributed by atoms with Crippen LogP contribution < -0.4 is 5.32 Å². The zero-order valence-corrected chi connectivity index (χ0v) is 17.9. The van der Waals surface area contributed by atoms with Crippen molar-refractivity contribution in [2.75, 3.05) is 0 Å². The Morgan fingerprint density at radius 1 is 1.07 bits per heavy atom. The maximum atomic E-state index is 12.5. The van der Waals surface area contributed by atoms with Gasteiger partial charge in [-0.25, -0.2) is 0 Å². The fraction of sp³-hybridized carbons (Fsp3) is 0.286. The van der Waals surface area contributed by atoms with E-state index in [-0.39, 0.29) is 16.7 Å². The van der Waals surface area contributed by atoms with Crippen LogP contribution in [-0.2, 0) is 4.79 Å². The molecular formula is C21H23ClN4OS. The topological polar surface area (TPSA) is 59.8 Å². The Balaban J connectivity index is 1.98. The van der Waals surface area contributed by atoms with Crippen LogP contribution in [0.1, 0.15) is 27.7 Å². The number of benzene rings is 2. The number of hydrogen-bond acceptors (Lipinski definition) is 4. The Morgan fingerprint density at radius 2 is 1.71 bits per heavy atom. The van der Waals surface area contributed by atoms with Crippen molar-refractivity contribution in [2.24, 2.45) is 0 Å². The third-order valence-electron chi connectivity index (χ3n) is 3.90. The second-order valence-electron chi connectivity index (χ2n) is 7.48. The molecule has 0 saturated heterocycles. The van der Waals surface area contributed by atoms with Crippen molar-refractivity contribution in [2.45, 2.75) is 43.6 Å². The van der Waals surface area contributed by atoms with Crippen molar-refractivity contribution in [3.63, 3.8) is 0 Å². The SMILES string of the molecule is CC(Sc1nnc(-c2ccc(Cl)cc2)n1-c1ccccc1)C(=O)NC(C)(C)C. The van der Waals surface area contributed by atoms with Crippen LogP contribution in [0.25, 0.3) is 17.1 Å². The molecule has 7 heteroatoms. The lowest BCUT2D eigenvalue weighted by molar-refractivity contribution is -0.121. The van der Waals surface area contributed by atoms with Gasteiger partial charge in [-0.1, -0.05) is 41.6 Å². The van der Waals surface area contributed by atoms with E-state index in [1.54, 1.807) is 0 Å². The molecule has 0 saturated carbocycles. The van der Waals surface area contributed by atoms with E-state index in [1.807, 2.05) is 86.9 Å². The van der Waals surface area contributed by atoms with Gasteiger partial charge in [0.15, 0.2) is 11.0 Å². The molecule has 1 amide bonds. The predicted octanol–water partition coefficient (Wildman–Crippen LogP) is 4.98. The number of thioether (sulfide) groups is 1. The molecule has 2 aromatic carbocycles. The molecular weight excluding hydrogens is 392 g/mol. The van der Waals surface area contributed by atoms with Gasteiger partial charge in [0.2, 0.25) is 5.91 Å². The lowest BCUT2D eigenvalue weighted by Gasteiger charge is -2.23. The molecule has 0 bridgehead atoms. The van der Waals surface area contributed by atoms with E-state index in [4.69, 9.17) is 11.6 Å². The van der Waals surface area contributed by atoms with Crippen LogP contribution in [0.5, 0.6) is 0 Å². The summed E-state index contributed by atoms with van der Waals surface area (Å²) >= 11 is 7.41. The summed E-state index contributed by atoms with van der Waals surface area (Å²) in [5, 5.41) is 12.8. The van der Waals surface area contributed by atoms with Gasteiger partial charge in [-0.3, -0.25) is 9.36 Å². The lowest BCUT2D eigenvalue weighted by atomic mass is 10.1. The second kappa shape index (κ2) is 8.37. The fourth-order valence-corrected chi connectivity index (χ4v) is 3.62. The molecule has 5 nitrogen and oxygen atoms in total. The summed E-state index contributed by atoms with van der Waals surface area (Å²) in [5.74, 6) is 0.668. The van der Waals surface area contributed by atoms with Gasteiger partial charge in [0, 0.05) is 21.8 Å². The average Bonchev–Trinajstić information content (AvgIpc) is 3.05. The number of nitrogens with zero attached hydrogens (tertiary/aromatic N) is 3. The summed E-state index contributed by atoms with van der Waals surface area (Å²) in [6.45, 7) is 7.77. The summed E-state index contributed by atoms with van der Waals surface area (Å²) < 4.78 is 1.97. The van der Waals surface area contributed by atoms with Gasteiger partial charge in [-0.2, -0.15) is 0 Å². The third-order valence-corrected chi connectivity index (χ3v) is 5.19. The first-order valence-corrected chi connectivity index (χ1v) is 10.3. The molecule has 1 unspecified atom stereocenters. The van der Waals surface area contributed by atoms with Crippen LogP contribution in [0.2, 0.25) is 5.02 Å². The number of carbonyl (C=O) groups is 1. The minimum atomic E-state index is -0.316. The number of carbonyl (C=O) groups excluding carboxylic acids is 1. The van der Waals surface area contributed by atoms with Crippen LogP contribution in [0.4, 0.5) is 0 Å². The Hall–Kier alpha value is -2.31. The molecule has 0 radical (unpaired) electrons. The molecule has 1 aromatic heterocycles. The third kappa shape index (κ3) is 4.94. The maximum Gasteiger partial charge on any atom is 0.233 e. The Kier molecular flexibility index (Phi) is 6.10. The standard InChI is InChI=1S/C21H23ClN4OS/c1-14(19(27)23-21(2,3)4)28-20-25-24-18(15-10-12-16(22)13-11-15)26(20)17-8-6-5-7-9-17/h5-14H,1-4H3,(H,23,27). The lowest BCUT2D eigenvalue weighted by Crippen LogP contribution is -2.44. The molecule has 0 aliphatic heterocycles. The summed E-state index contributed by atoms with van der Waals surface area (Å²) in [4.78, 5) is 12.5. The number of aromatic nitrogens is 3. The fourth-order valence-electron chi connectivity index (χ4n) is 2.62. The van der Waals surface area contributed by atoms with Gasteiger partial charge in [-0.15, -0.1) is 10.2 Å². The highest BCUT2D eigenvalue weighted by Gasteiger charge is 2.24. The number of halogens is 1. The monoisotopic (exact) mass is 414 g/mol. The molecule has 1 N–H and O–H groups in total. The zero-order chi connectivity index (χ0) is 20.3. The van der Waals surface area contributed by atoms with Crippen LogP contribution >= 0.6 is 23.4 Å². The average molecular weight is 415 g/mol. The van der Waals surface area contributed by atoms with Crippen molar-refractivity contribution in [1.29, 1.82) is 0 Å². The van der Waals surface area contributed by atoms with Gasteiger partial charge in [0.1, 0.15) is 0 Å². The molecule has 0 aliphatic carbocycles. The number of hydrogen-bond donors (Lipinski definition) is 1. The Labute approximate surface area is 174 Å². The first kappa shape index (κ1) is 20.4. The van der Waals surface area contributed by atoms with Gasteiger partial charge < -0.3 is 5.32 Å². The van der Waals surface area contributed by atoms with E-state index < -0.39 is 0 Å². The van der Waals surface area contributed by atoms with Crippen molar-refractivity contribution < 1.29 is 4.79 Å². The molecule has 146 valence electrons. The first-order valence-electron chi connectivity index (χ1n) is 9.00. The quantitative estimate of drug-likeness (QED) is 0.598. The smallest absolute Gasteiger partial charge is 0.233 e. The van der Waals surface area contributed by atoms with Crippen molar-refractivity contribution in [3.8, 4) is 17.1 Å². The van der Waals surface area contributed by atoms with Gasteiger partial charge in [0.05, 0.1) is 5.25 Å². The second-order valence-corrected chi connectivity index (χ2v) is 9.23. The van der Waals surface area contributed by atoms with Gasteiger partial charge in [0.25, 0.3) is 0 Å². The highest BCUT2D eigenvalue weighted by atomic mass is 35.5. The van der Waals surface area contributed by atoms with E-state index in [9.17, 15) is 4.79 Å². The summed E-state index contributed by atoms with van der Waals surface area (Å²) in [6.07, 6.45) is 0. The predicted molar refractivity (Wildman–Crippen MR) is 115 cm³/mol. The molecule has 0 aliphatic rings. The minimum absolute atomic E-state index is 0.0341. The Morgan fingerprint density at radius 3 is 2.32 bits per heavy atom. The molecule has 3 rings (SSSR count). The normalized spacial score (nSPS) is 12.6. The summed E-state index contributed by atoms with van der Waals surface area (Å²) in [6, 6.07) is 17.4. The van der Waals surface area contributed by atoms with E-state index in [2.05, 4.69) is 15.5 Å². The van der Waals surface area contributed by atoms with Gasteiger partial charge in [-0.05, 0) is 64.1 Å². The van der Waals surface area contributed by atoms with Crippen molar-refractivity contribution in [3.05, 3.63) is 59.6 Å². The molecule has 3 aromatic rings. The van der Waals surface area contributed by atoms with Crippen molar-refractivity contribution in [1.82, 2.24) is 20.1 Å². The number of amides is 1.